The minimum absolute atomic E-state index is 0.0503. The first-order valence-electron chi connectivity index (χ1n) is 8.46. The van der Waals surface area contributed by atoms with Crippen LogP contribution in [-0.2, 0) is 16.1 Å². The van der Waals surface area contributed by atoms with E-state index < -0.39 is 0 Å². The normalized spacial score (nSPS) is 22.4. The third-order valence-corrected chi connectivity index (χ3v) is 4.79. The molecule has 23 heavy (non-hydrogen) atoms. The molecule has 1 aromatic carbocycles. The van der Waals surface area contributed by atoms with Crippen LogP contribution in [0.5, 0.6) is 5.75 Å². The minimum atomic E-state index is 0.0503. The smallest absolute Gasteiger partial charge is 0.223 e. The fraction of sp³-hybridized carbons (Fsp3) is 0.611. The first-order chi connectivity index (χ1) is 11.1. The van der Waals surface area contributed by atoms with Crippen molar-refractivity contribution in [1.82, 2.24) is 10.6 Å². The Labute approximate surface area is 137 Å². The van der Waals surface area contributed by atoms with E-state index in [1.54, 1.807) is 0 Å². The van der Waals surface area contributed by atoms with E-state index in [1.807, 2.05) is 26.0 Å². The SMILES string of the molecule is Cc1ccc(CNC(=O)C(C)C2CNC2)c(OC2CCOC2)c1. The van der Waals surface area contributed by atoms with Crippen molar-refractivity contribution in [1.29, 1.82) is 0 Å². The fourth-order valence-electron chi connectivity index (χ4n) is 2.92. The Balaban J connectivity index is 1.60. The first-order valence-corrected chi connectivity index (χ1v) is 8.46. The van der Waals surface area contributed by atoms with Gasteiger partial charge in [0.05, 0.1) is 13.2 Å². The van der Waals surface area contributed by atoms with Crippen molar-refractivity contribution in [2.75, 3.05) is 26.3 Å². The zero-order valence-electron chi connectivity index (χ0n) is 13.9. The lowest BCUT2D eigenvalue weighted by Crippen LogP contribution is -2.49. The molecule has 0 radical (unpaired) electrons. The molecule has 5 nitrogen and oxygen atoms in total. The first kappa shape index (κ1) is 16.3. The summed E-state index contributed by atoms with van der Waals surface area (Å²) in [5, 5.41) is 6.27. The highest BCUT2D eigenvalue weighted by Gasteiger charge is 2.28. The Bertz CT molecular complexity index is 551. The van der Waals surface area contributed by atoms with Gasteiger partial charge in [-0.15, -0.1) is 0 Å². The summed E-state index contributed by atoms with van der Waals surface area (Å²) in [5.74, 6) is 1.49. The van der Waals surface area contributed by atoms with Gasteiger partial charge in [-0.1, -0.05) is 19.1 Å². The molecular formula is C18H26N2O3. The number of benzene rings is 1. The number of hydrogen-bond acceptors (Lipinski definition) is 4. The molecule has 2 aliphatic rings. The van der Waals surface area contributed by atoms with E-state index in [0.717, 1.165) is 43.0 Å². The van der Waals surface area contributed by atoms with E-state index in [9.17, 15) is 4.79 Å². The maximum Gasteiger partial charge on any atom is 0.223 e. The Morgan fingerprint density at radius 1 is 1.48 bits per heavy atom. The summed E-state index contributed by atoms with van der Waals surface area (Å²) in [6, 6.07) is 6.13. The van der Waals surface area contributed by atoms with E-state index in [0.29, 0.717) is 19.1 Å². The van der Waals surface area contributed by atoms with Crippen LogP contribution in [0.15, 0.2) is 18.2 Å². The van der Waals surface area contributed by atoms with Crippen LogP contribution in [0.1, 0.15) is 24.5 Å². The molecule has 1 amide bonds. The van der Waals surface area contributed by atoms with E-state index in [2.05, 4.69) is 16.7 Å². The van der Waals surface area contributed by atoms with Gasteiger partial charge in [0.2, 0.25) is 5.91 Å². The second kappa shape index (κ2) is 7.32. The van der Waals surface area contributed by atoms with Crippen LogP contribution in [-0.4, -0.2) is 38.3 Å². The number of aryl methyl sites for hydroxylation is 1. The lowest BCUT2D eigenvalue weighted by molar-refractivity contribution is -0.126. The monoisotopic (exact) mass is 318 g/mol. The van der Waals surface area contributed by atoms with E-state index >= 15 is 0 Å². The summed E-state index contributed by atoms with van der Waals surface area (Å²) < 4.78 is 11.4. The third kappa shape index (κ3) is 4.03. The van der Waals surface area contributed by atoms with E-state index in [1.165, 1.54) is 0 Å². The Hall–Kier alpha value is -1.59. The molecule has 2 atom stereocenters. The maximum atomic E-state index is 12.3. The third-order valence-electron chi connectivity index (χ3n) is 4.79. The standard InChI is InChI=1S/C18H26N2O3/c1-12-3-4-14(17(7-12)23-16-5-6-22-11-16)10-20-18(21)13(2)15-8-19-9-15/h3-4,7,13,15-16,19H,5-6,8-11H2,1-2H3,(H,20,21). The number of hydrogen-bond donors (Lipinski definition) is 2. The van der Waals surface area contributed by atoms with Gasteiger partial charge in [0.25, 0.3) is 0 Å². The molecular weight excluding hydrogens is 292 g/mol. The number of rotatable bonds is 6. The van der Waals surface area contributed by atoms with Gasteiger partial charge in [0, 0.05) is 24.4 Å². The fourth-order valence-corrected chi connectivity index (χ4v) is 2.92. The van der Waals surface area contributed by atoms with Gasteiger partial charge in [0.1, 0.15) is 11.9 Å². The van der Waals surface area contributed by atoms with Gasteiger partial charge >= 0.3 is 0 Å². The van der Waals surface area contributed by atoms with Crippen molar-refractivity contribution < 1.29 is 14.3 Å². The van der Waals surface area contributed by atoms with Crippen molar-refractivity contribution in [3.8, 4) is 5.75 Å². The second-order valence-corrected chi connectivity index (χ2v) is 6.64. The zero-order chi connectivity index (χ0) is 16.2. The predicted octanol–water partition coefficient (Wildman–Crippen LogP) is 1.63. The molecule has 2 unspecified atom stereocenters. The highest BCUT2D eigenvalue weighted by molar-refractivity contribution is 5.78. The zero-order valence-corrected chi connectivity index (χ0v) is 13.9. The minimum Gasteiger partial charge on any atom is -0.488 e. The molecule has 2 N–H and O–H groups in total. The van der Waals surface area contributed by atoms with Crippen LogP contribution >= 0.6 is 0 Å². The molecule has 3 rings (SSSR count). The van der Waals surface area contributed by atoms with Gasteiger partial charge in [-0.05, 0) is 37.6 Å². The van der Waals surface area contributed by atoms with Gasteiger partial charge in [-0.25, -0.2) is 0 Å². The summed E-state index contributed by atoms with van der Waals surface area (Å²) in [6.45, 7) is 7.84. The Kier molecular flexibility index (Phi) is 5.18. The molecule has 2 heterocycles. The van der Waals surface area contributed by atoms with Crippen LogP contribution in [0, 0.1) is 18.8 Å². The van der Waals surface area contributed by atoms with E-state index in [4.69, 9.17) is 9.47 Å². The molecule has 0 saturated carbocycles. The maximum absolute atomic E-state index is 12.3. The highest BCUT2D eigenvalue weighted by atomic mass is 16.5. The van der Waals surface area contributed by atoms with Crippen molar-refractivity contribution in [2.24, 2.45) is 11.8 Å². The van der Waals surface area contributed by atoms with Crippen LogP contribution in [0.4, 0.5) is 0 Å². The molecule has 5 heteroatoms. The van der Waals surface area contributed by atoms with Crippen molar-refractivity contribution >= 4 is 5.91 Å². The lowest BCUT2D eigenvalue weighted by atomic mass is 9.88. The average molecular weight is 318 g/mol. The van der Waals surface area contributed by atoms with Crippen molar-refractivity contribution in [3.05, 3.63) is 29.3 Å². The topological polar surface area (TPSA) is 59.6 Å². The lowest BCUT2D eigenvalue weighted by Gasteiger charge is -2.31. The van der Waals surface area contributed by atoms with Gasteiger partial charge in [0.15, 0.2) is 0 Å². The molecule has 2 fully saturated rings. The number of nitrogens with one attached hydrogen (secondary N) is 2. The summed E-state index contributed by atoms with van der Waals surface area (Å²) >= 11 is 0. The number of carbonyl (C=O) groups is 1. The molecule has 126 valence electrons. The largest absolute Gasteiger partial charge is 0.488 e. The Morgan fingerprint density at radius 3 is 2.96 bits per heavy atom. The van der Waals surface area contributed by atoms with Crippen LogP contribution < -0.4 is 15.4 Å². The summed E-state index contributed by atoms with van der Waals surface area (Å²) in [7, 11) is 0. The molecule has 0 spiro atoms. The predicted molar refractivity (Wildman–Crippen MR) is 88.4 cm³/mol. The van der Waals surface area contributed by atoms with Gasteiger partial charge in [-0.2, -0.15) is 0 Å². The van der Waals surface area contributed by atoms with Crippen LogP contribution in [0.2, 0.25) is 0 Å². The quantitative estimate of drug-likeness (QED) is 0.837. The summed E-state index contributed by atoms with van der Waals surface area (Å²) in [6.07, 6.45) is 1.04. The van der Waals surface area contributed by atoms with Crippen LogP contribution in [0.3, 0.4) is 0 Å². The van der Waals surface area contributed by atoms with Crippen molar-refractivity contribution in [3.63, 3.8) is 0 Å². The number of ether oxygens (including phenoxy) is 2. The Morgan fingerprint density at radius 2 is 2.30 bits per heavy atom. The molecule has 0 aliphatic carbocycles. The van der Waals surface area contributed by atoms with E-state index in [-0.39, 0.29) is 17.9 Å². The van der Waals surface area contributed by atoms with Gasteiger partial charge in [-0.3, -0.25) is 4.79 Å². The van der Waals surface area contributed by atoms with Gasteiger partial charge < -0.3 is 20.1 Å². The summed E-state index contributed by atoms with van der Waals surface area (Å²) in [4.78, 5) is 12.3. The molecule has 2 saturated heterocycles. The molecule has 0 bridgehead atoms. The molecule has 0 aromatic heterocycles. The number of carbonyl (C=O) groups excluding carboxylic acids is 1. The average Bonchev–Trinajstić information content (AvgIpc) is 2.97. The molecule has 2 aliphatic heterocycles. The summed E-state index contributed by atoms with van der Waals surface area (Å²) in [5.41, 5.74) is 2.18. The number of amides is 1. The van der Waals surface area contributed by atoms with Crippen molar-refractivity contribution in [2.45, 2.75) is 32.9 Å². The second-order valence-electron chi connectivity index (χ2n) is 6.64. The molecule has 1 aromatic rings. The highest BCUT2D eigenvalue weighted by Crippen LogP contribution is 2.24. The van der Waals surface area contributed by atoms with Crippen LogP contribution in [0.25, 0.3) is 0 Å².